The highest BCUT2D eigenvalue weighted by Crippen LogP contribution is 2.30. The monoisotopic (exact) mass is 351 g/mol. The SMILES string of the molecule is O=C(CN1CCOc2ccccc21)N1CCN(Cc2ccccc2)CC1. The lowest BCUT2D eigenvalue weighted by Gasteiger charge is -2.37. The molecule has 2 aliphatic rings. The minimum Gasteiger partial charge on any atom is -0.490 e. The third kappa shape index (κ3) is 3.83. The van der Waals surface area contributed by atoms with Gasteiger partial charge in [-0.3, -0.25) is 9.69 Å². The van der Waals surface area contributed by atoms with Crippen LogP contribution < -0.4 is 9.64 Å². The van der Waals surface area contributed by atoms with Crippen LogP contribution in [0.1, 0.15) is 5.56 Å². The lowest BCUT2D eigenvalue weighted by atomic mass is 10.2. The molecule has 1 amide bonds. The number of hydrogen-bond acceptors (Lipinski definition) is 4. The Bertz CT molecular complexity index is 742. The first-order valence-corrected chi connectivity index (χ1v) is 9.30. The lowest BCUT2D eigenvalue weighted by Crippen LogP contribution is -2.51. The fourth-order valence-corrected chi connectivity index (χ4v) is 3.65. The van der Waals surface area contributed by atoms with Crippen LogP contribution in [-0.4, -0.2) is 61.6 Å². The van der Waals surface area contributed by atoms with Crippen molar-refractivity contribution >= 4 is 11.6 Å². The van der Waals surface area contributed by atoms with Crippen LogP contribution in [0.15, 0.2) is 54.6 Å². The molecule has 1 saturated heterocycles. The molecule has 2 aliphatic heterocycles. The van der Waals surface area contributed by atoms with Crippen molar-refractivity contribution in [3.63, 3.8) is 0 Å². The van der Waals surface area contributed by atoms with Crippen molar-refractivity contribution in [3.05, 3.63) is 60.2 Å². The number of rotatable bonds is 4. The van der Waals surface area contributed by atoms with E-state index in [0.717, 1.165) is 50.7 Å². The molecule has 0 N–H and O–H groups in total. The molecule has 0 bridgehead atoms. The van der Waals surface area contributed by atoms with Crippen LogP contribution in [-0.2, 0) is 11.3 Å². The standard InChI is InChI=1S/C21H25N3O2/c25-21(17-24-14-15-26-20-9-5-4-8-19(20)24)23-12-10-22(11-13-23)16-18-6-2-1-3-7-18/h1-9H,10-17H2. The van der Waals surface area contributed by atoms with Crippen LogP contribution in [0.25, 0.3) is 0 Å². The van der Waals surface area contributed by atoms with Crippen molar-refractivity contribution in [2.45, 2.75) is 6.54 Å². The number of ether oxygens (including phenoxy) is 1. The number of amides is 1. The van der Waals surface area contributed by atoms with E-state index in [4.69, 9.17) is 4.74 Å². The van der Waals surface area contributed by atoms with Gasteiger partial charge in [-0.05, 0) is 17.7 Å². The summed E-state index contributed by atoms with van der Waals surface area (Å²) >= 11 is 0. The van der Waals surface area contributed by atoms with Crippen LogP contribution in [0.2, 0.25) is 0 Å². The van der Waals surface area contributed by atoms with Crippen molar-refractivity contribution in [2.24, 2.45) is 0 Å². The smallest absolute Gasteiger partial charge is 0.242 e. The molecule has 2 aromatic carbocycles. The number of piperazine rings is 1. The van der Waals surface area contributed by atoms with Crippen LogP contribution in [0, 0.1) is 0 Å². The van der Waals surface area contributed by atoms with Gasteiger partial charge in [0.15, 0.2) is 0 Å². The maximum atomic E-state index is 12.8. The highest BCUT2D eigenvalue weighted by Gasteiger charge is 2.25. The minimum absolute atomic E-state index is 0.209. The summed E-state index contributed by atoms with van der Waals surface area (Å²) in [6.45, 7) is 6.25. The number of para-hydroxylation sites is 2. The van der Waals surface area contributed by atoms with Crippen molar-refractivity contribution in [2.75, 3.05) is 50.8 Å². The number of benzene rings is 2. The number of fused-ring (bicyclic) bond motifs is 1. The number of nitrogens with zero attached hydrogens (tertiary/aromatic N) is 3. The topological polar surface area (TPSA) is 36.0 Å². The summed E-state index contributed by atoms with van der Waals surface area (Å²) in [5, 5.41) is 0. The quantitative estimate of drug-likeness (QED) is 0.846. The first-order valence-electron chi connectivity index (χ1n) is 9.30. The number of anilines is 1. The van der Waals surface area contributed by atoms with E-state index < -0.39 is 0 Å². The fourth-order valence-electron chi connectivity index (χ4n) is 3.65. The van der Waals surface area contributed by atoms with E-state index in [0.29, 0.717) is 13.2 Å². The summed E-state index contributed by atoms with van der Waals surface area (Å²) in [6.07, 6.45) is 0. The largest absolute Gasteiger partial charge is 0.490 e. The second kappa shape index (κ2) is 7.79. The first-order chi connectivity index (χ1) is 12.8. The highest BCUT2D eigenvalue weighted by atomic mass is 16.5. The van der Waals surface area contributed by atoms with E-state index in [-0.39, 0.29) is 5.91 Å². The van der Waals surface area contributed by atoms with Crippen molar-refractivity contribution < 1.29 is 9.53 Å². The zero-order valence-electron chi connectivity index (χ0n) is 15.0. The molecule has 5 heteroatoms. The van der Waals surface area contributed by atoms with Crippen LogP contribution >= 0.6 is 0 Å². The normalized spacial score (nSPS) is 17.5. The summed E-state index contributed by atoms with van der Waals surface area (Å²) < 4.78 is 5.68. The maximum absolute atomic E-state index is 12.8. The lowest BCUT2D eigenvalue weighted by molar-refractivity contribution is -0.131. The van der Waals surface area contributed by atoms with Crippen molar-refractivity contribution in [1.29, 1.82) is 0 Å². The molecular formula is C21H25N3O2. The Hall–Kier alpha value is -2.53. The van der Waals surface area contributed by atoms with Gasteiger partial charge < -0.3 is 14.5 Å². The van der Waals surface area contributed by atoms with Crippen LogP contribution in [0.5, 0.6) is 5.75 Å². The van der Waals surface area contributed by atoms with E-state index in [2.05, 4.69) is 34.1 Å². The molecule has 0 aromatic heterocycles. The molecule has 26 heavy (non-hydrogen) atoms. The molecule has 0 spiro atoms. The van der Waals surface area contributed by atoms with Gasteiger partial charge in [-0.2, -0.15) is 0 Å². The van der Waals surface area contributed by atoms with Crippen LogP contribution in [0.3, 0.4) is 0 Å². The van der Waals surface area contributed by atoms with Gasteiger partial charge in [0.2, 0.25) is 5.91 Å². The Labute approximate surface area is 154 Å². The van der Waals surface area contributed by atoms with Gasteiger partial charge in [-0.25, -0.2) is 0 Å². The number of hydrogen-bond donors (Lipinski definition) is 0. The Balaban J connectivity index is 1.30. The van der Waals surface area contributed by atoms with Gasteiger partial charge in [0.1, 0.15) is 12.4 Å². The molecule has 2 aromatic rings. The minimum atomic E-state index is 0.209. The molecule has 0 radical (unpaired) electrons. The molecule has 136 valence electrons. The molecule has 0 aliphatic carbocycles. The average molecular weight is 351 g/mol. The van der Waals surface area contributed by atoms with E-state index >= 15 is 0 Å². The molecule has 0 unspecified atom stereocenters. The zero-order chi connectivity index (χ0) is 17.8. The summed E-state index contributed by atoms with van der Waals surface area (Å²) in [5.41, 5.74) is 2.35. The average Bonchev–Trinajstić information content (AvgIpc) is 2.70. The summed E-state index contributed by atoms with van der Waals surface area (Å²) in [4.78, 5) is 19.3. The molecule has 0 saturated carbocycles. The van der Waals surface area contributed by atoms with Crippen LogP contribution in [0.4, 0.5) is 5.69 Å². The Morgan fingerprint density at radius 3 is 2.42 bits per heavy atom. The van der Waals surface area contributed by atoms with E-state index in [1.807, 2.05) is 35.2 Å². The van der Waals surface area contributed by atoms with E-state index in [9.17, 15) is 4.79 Å². The highest BCUT2D eigenvalue weighted by molar-refractivity contribution is 5.82. The van der Waals surface area contributed by atoms with E-state index in [1.54, 1.807) is 0 Å². The van der Waals surface area contributed by atoms with Gasteiger partial charge in [-0.15, -0.1) is 0 Å². The summed E-state index contributed by atoms with van der Waals surface area (Å²) in [5.74, 6) is 1.08. The molecule has 4 rings (SSSR count). The molecule has 5 nitrogen and oxygen atoms in total. The second-order valence-corrected chi connectivity index (χ2v) is 6.88. The number of carbonyl (C=O) groups excluding carboxylic acids is 1. The Morgan fingerprint density at radius 1 is 0.885 bits per heavy atom. The third-order valence-electron chi connectivity index (χ3n) is 5.12. The predicted octanol–water partition coefficient (Wildman–Crippen LogP) is 2.23. The third-order valence-corrected chi connectivity index (χ3v) is 5.12. The summed E-state index contributed by atoms with van der Waals surface area (Å²) in [7, 11) is 0. The molecule has 1 fully saturated rings. The molecule has 0 atom stereocenters. The van der Waals surface area contributed by atoms with Gasteiger partial charge in [0, 0.05) is 32.7 Å². The maximum Gasteiger partial charge on any atom is 0.242 e. The zero-order valence-corrected chi connectivity index (χ0v) is 15.0. The van der Waals surface area contributed by atoms with Gasteiger partial charge in [0.25, 0.3) is 0 Å². The number of carbonyl (C=O) groups is 1. The summed E-state index contributed by atoms with van der Waals surface area (Å²) in [6, 6.07) is 18.5. The fraction of sp³-hybridized carbons (Fsp3) is 0.381. The van der Waals surface area contributed by atoms with Gasteiger partial charge in [-0.1, -0.05) is 42.5 Å². The first kappa shape index (κ1) is 16.9. The predicted molar refractivity (Wildman–Crippen MR) is 102 cm³/mol. The Morgan fingerprint density at radius 2 is 1.62 bits per heavy atom. The molecule has 2 heterocycles. The Kier molecular flexibility index (Phi) is 5.07. The van der Waals surface area contributed by atoms with Crippen molar-refractivity contribution in [3.8, 4) is 5.75 Å². The van der Waals surface area contributed by atoms with E-state index in [1.165, 1.54) is 5.56 Å². The van der Waals surface area contributed by atoms with Gasteiger partial charge in [0.05, 0.1) is 18.8 Å². The second-order valence-electron chi connectivity index (χ2n) is 6.88. The van der Waals surface area contributed by atoms with Crippen molar-refractivity contribution in [1.82, 2.24) is 9.80 Å². The molecular weight excluding hydrogens is 326 g/mol. The van der Waals surface area contributed by atoms with Gasteiger partial charge >= 0.3 is 0 Å².